The molecule has 210 valence electrons. The molecule has 0 unspecified atom stereocenters. The molecular weight excluding hydrogens is 565 g/mol. The molecule has 0 N–H and O–H groups in total. The molecule has 0 saturated carbocycles. The first kappa shape index (κ1) is 27.3. The molecule has 2 heterocycles. The number of aromatic nitrogens is 2. The molecule has 6 aromatic rings. The highest BCUT2D eigenvalue weighted by molar-refractivity contribution is 7.94. The summed E-state index contributed by atoms with van der Waals surface area (Å²) in [5.41, 5.74) is 2.93. The van der Waals surface area contributed by atoms with Gasteiger partial charge < -0.3 is 9.47 Å². The van der Waals surface area contributed by atoms with Crippen molar-refractivity contribution in [1.82, 2.24) is 9.71 Å². The summed E-state index contributed by atoms with van der Waals surface area (Å²) in [5, 5.41) is 0.611. The van der Waals surface area contributed by atoms with Crippen LogP contribution in [-0.4, -0.2) is 16.1 Å². The normalized spacial score (nSPS) is 11.4. The third kappa shape index (κ3) is 6.35. The van der Waals surface area contributed by atoms with E-state index in [1.807, 2.05) is 91.0 Å². The third-order valence-corrected chi connectivity index (χ3v) is 6.74. The highest BCUT2D eigenvalue weighted by atomic mass is 32.2. The molecule has 42 heavy (non-hydrogen) atoms. The summed E-state index contributed by atoms with van der Waals surface area (Å²) < 4.78 is 55.9. The number of alkyl halides is 3. The number of fused-ring (bicyclic) bond motifs is 1. The number of halogens is 3. The Hall–Kier alpha value is -4.93. The lowest BCUT2D eigenvalue weighted by Gasteiger charge is -2.12. The van der Waals surface area contributed by atoms with Crippen molar-refractivity contribution in [2.24, 2.45) is 0 Å². The van der Waals surface area contributed by atoms with Crippen LogP contribution in [0.15, 0.2) is 133 Å². The van der Waals surface area contributed by atoms with Gasteiger partial charge in [0, 0.05) is 33.2 Å². The van der Waals surface area contributed by atoms with E-state index in [4.69, 9.17) is 14.1 Å². The minimum Gasteiger partial charge on any atom is -0.457 e. The van der Waals surface area contributed by atoms with E-state index in [-0.39, 0.29) is 5.75 Å². The van der Waals surface area contributed by atoms with Gasteiger partial charge in [-0.25, -0.2) is 9.97 Å². The number of benzene rings is 4. The van der Waals surface area contributed by atoms with Crippen molar-refractivity contribution in [2.45, 2.75) is 11.3 Å². The first-order valence-electron chi connectivity index (χ1n) is 12.7. The fourth-order valence-electron chi connectivity index (χ4n) is 4.35. The quantitative estimate of drug-likeness (QED) is 0.0957. The van der Waals surface area contributed by atoms with Crippen LogP contribution in [0.4, 0.5) is 13.2 Å². The van der Waals surface area contributed by atoms with Gasteiger partial charge in [0.1, 0.15) is 17.2 Å². The van der Waals surface area contributed by atoms with Gasteiger partial charge in [-0.2, -0.15) is 0 Å². The maximum atomic E-state index is 13.0. The zero-order chi connectivity index (χ0) is 28.9. The van der Waals surface area contributed by atoms with E-state index in [1.54, 1.807) is 18.5 Å². The van der Waals surface area contributed by atoms with Crippen molar-refractivity contribution in [3.8, 4) is 39.5 Å². The molecule has 0 aliphatic heterocycles. The predicted octanol–water partition coefficient (Wildman–Crippen LogP) is 9.13. The maximum absolute atomic E-state index is 13.0. The van der Waals surface area contributed by atoms with Crippen molar-refractivity contribution in [3.05, 3.63) is 128 Å². The topological polar surface area (TPSA) is 54.7 Å². The predicted molar refractivity (Wildman–Crippen MR) is 154 cm³/mol. The molecule has 0 bridgehead atoms. The molecule has 6 rings (SSSR count). The SMILES string of the molecule is FC(F)(F)Oc1cccc(-c2cn(OOSc3ccccc3)c3ncc(-c4ccccc4Oc4ccccc4)cc23)c1. The zero-order valence-electron chi connectivity index (χ0n) is 21.7. The molecular formula is C32H21F3N2O4S. The summed E-state index contributed by atoms with van der Waals surface area (Å²) >= 11 is 1.01. The number of para-hydroxylation sites is 2. The second-order valence-electron chi connectivity index (χ2n) is 8.99. The lowest BCUT2D eigenvalue weighted by Crippen LogP contribution is -2.17. The van der Waals surface area contributed by atoms with Gasteiger partial charge in [0.2, 0.25) is 0 Å². The second-order valence-corrected chi connectivity index (χ2v) is 9.76. The number of pyridine rings is 1. The van der Waals surface area contributed by atoms with Gasteiger partial charge in [0.15, 0.2) is 5.65 Å². The van der Waals surface area contributed by atoms with Gasteiger partial charge in [-0.05, 0) is 54.1 Å². The first-order valence-corrected chi connectivity index (χ1v) is 13.4. The summed E-state index contributed by atoms with van der Waals surface area (Å²) in [4.78, 5) is 11.0. The molecule has 2 aromatic heterocycles. The fourth-order valence-corrected chi connectivity index (χ4v) is 4.79. The zero-order valence-corrected chi connectivity index (χ0v) is 22.5. The third-order valence-electron chi connectivity index (χ3n) is 6.14. The Morgan fingerprint density at radius 1 is 0.690 bits per heavy atom. The van der Waals surface area contributed by atoms with Crippen LogP contribution in [0.25, 0.3) is 33.3 Å². The molecule has 0 amide bonds. The van der Waals surface area contributed by atoms with E-state index in [0.29, 0.717) is 33.7 Å². The van der Waals surface area contributed by atoms with Gasteiger partial charge in [0.25, 0.3) is 0 Å². The Morgan fingerprint density at radius 2 is 1.40 bits per heavy atom. The van der Waals surface area contributed by atoms with Crippen molar-refractivity contribution in [2.75, 3.05) is 0 Å². The minimum atomic E-state index is -4.82. The van der Waals surface area contributed by atoms with Crippen LogP contribution in [0.3, 0.4) is 0 Å². The van der Waals surface area contributed by atoms with Gasteiger partial charge in [-0.3, -0.25) is 0 Å². The van der Waals surface area contributed by atoms with Crippen molar-refractivity contribution >= 4 is 23.1 Å². The van der Waals surface area contributed by atoms with Crippen LogP contribution in [0.1, 0.15) is 0 Å². The van der Waals surface area contributed by atoms with Crippen LogP contribution in [0.5, 0.6) is 17.2 Å². The summed E-state index contributed by atoms with van der Waals surface area (Å²) in [6.45, 7) is 0. The molecule has 0 saturated heterocycles. The Balaban J connectivity index is 1.40. The second kappa shape index (κ2) is 11.9. The maximum Gasteiger partial charge on any atom is 0.573 e. The molecule has 10 heteroatoms. The summed E-state index contributed by atoms with van der Waals surface area (Å²) in [5.74, 6) is 0.947. The largest absolute Gasteiger partial charge is 0.573 e. The highest BCUT2D eigenvalue weighted by Crippen LogP contribution is 2.38. The van der Waals surface area contributed by atoms with Gasteiger partial charge >= 0.3 is 6.36 Å². The average molecular weight is 587 g/mol. The van der Waals surface area contributed by atoms with Gasteiger partial charge in [-0.1, -0.05) is 71.1 Å². The van der Waals surface area contributed by atoms with E-state index < -0.39 is 6.36 Å². The van der Waals surface area contributed by atoms with E-state index in [1.165, 1.54) is 22.9 Å². The lowest BCUT2D eigenvalue weighted by atomic mass is 10.0. The van der Waals surface area contributed by atoms with Gasteiger partial charge in [-0.15, -0.1) is 17.9 Å². The van der Waals surface area contributed by atoms with Crippen molar-refractivity contribution in [1.29, 1.82) is 0 Å². The smallest absolute Gasteiger partial charge is 0.457 e. The number of hydrogen-bond acceptors (Lipinski definition) is 6. The molecule has 0 aliphatic rings. The molecule has 0 spiro atoms. The van der Waals surface area contributed by atoms with Crippen molar-refractivity contribution in [3.63, 3.8) is 0 Å². The number of nitrogens with zero attached hydrogens (tertiary/aromatic N) is 2. The van der Waals surface area contributed by atoms with Gasteiger partial charge in [0.05, 0.1) is 18.2 Å². The minimum absolute atomic E-state index is 0.344. The molecule has 6 nitrogen and oxygen atoms in total. The number of ether oxygens (including phenoxy) is 2. The number of rotatable bonds is 9. The van der Waals surface area contributed by atoms with E-state index in [9.17, 15) is 13.2 Å². The monoisotopic (exact) mass is 586 g/mol. The Bertz CT molecular complexity index is 1810. The van der Waals surface area contributed by atoms with Crippen LogP contribution in [0.2, 0.25) is 0 Å². The molecule has 0 atom stereocenters. The Morgan fingerprint density at radius 3 is 2.19 bits per heavy atom. The van der Waals surface area contributed by atoms with E-state index >= 15 is 0 Å². The van der Waals surface area contributed by atoms with Crippen LogP contribution in [-0.2, 0) is 4.33 Å². The standard InChI is InChI=1S/C32H21F3N2O4S/c33-32(34,35)39-25-13-9-10-22(18-25)29-21-37(40-41-42-26-14-5-2-6-15-26)31-28(29)19-23(20-36-31)27-16-7-8-17-30(27)38-24-11-3-1-4-12-24/h1-21H. The summed E-state index contributed by atoms with van der Waals surface area (Å²) in [7, 11) is 0. The molecule has 0 aliphatic carbocycles. The van der Waals surface area contributed by atoms with E-state index in [0.717, 1.165) is 28.1 Å². The number of hydrogen-bond donors (Lipinski definition) is 0. The van der Waals surface area contributed by atoms with E-state index in [2.05, 4.69) is 9.72 Å². The fraction of sp³-hybridized carbons (Fsp3) is 0.0312. The Labute approximate surface area is 243 Å². The Kier molecular flexibility index (Phi) is 7.72. The summed E-state index contributed by atoms with van der Waals surface area (Å²) in [6.07, 6.45) is -1.55. The molecule has 0 radical (unpaired) electrons. The first-order chi connectivity index (χ1) is 20.4. The molecule has 4 aromatic carbocycles. The van der Waals surface area contributed by atoms with Crippen molar-refractivity contribution < 1.29 is 32.0 Å². The van der Waals surface area contributed by atoms with Crippen LogP contribution >= 0.6 is 12.0 Å². The molecule has 0 fully saturated rings. The van der Waals surface area contributed by atoms with Crippen LogP contribution in [0, 0.1) is 0 Å². The summed E-state index contributed by atoms with van der Waals surface area (Å²) in [6, 6.07) is 33.9. The highest BCUT2D eigenvalue weighted by Gasteiger charge is 2.31. The lowest BCUT2D eigenvalue weighted by molar-refractivity contribution is -0.274. The van der Waals surface area contributed by atoms with Crippen LogP contribution < -0.4 is 14.5 Å². The average Bonchev–Trinajstić information content (AvgIpc) is 3.36.